The van der Waals surface area contributed by atoms with E-state index in [1.54, 1.807) is 23.2 Å². The molecular formula is C17H24N4O4. The molecule has 1 atom stereocenters. The van der Waals surface area contributed by atoms with Crippen LogP contribution in [0.2, 0.25) is 0 Å². The predicted octanol–water partition coefficient (Wildman–Crippen LogP) is 0.0247. The summed E-state index contributed by atoms with van der Waals surface area (Å²) in [7, 11) is 0. The number of rotatable bonds is 6. The molecule has 2 aliphatic heterocycles. The third-order valence-electron chi connectivity index (χ3n) is 4.54. The molecule has 3 rings (SSSR count). The Morgan fingerprint density at radius 2 is 2.12 bits per heavy atom. The lowest BCUT2D eigenvalue weighted by Gasteiger charge is -2.36. The highest BCUT2D eigenvalue weighted by molar-refractivity contribution is 5.97. The summed E-state index contributed by atoms with van der Waals surface area (Å²) >= 11 is 0. The molecule has 0 radical (unpaired) electrons. The molecule has 1 aromatic rings. The first-order valence-electron chi connectivity index (χ1n) is 8.62. The molecule has 25 heavy (non-hydrogen) atoms. The third-order valence-corrected chi connectivity index (χ3v) is 4.54. The van der Waals surface area contributed by atoms with Crippen LogP contribution in [0.4, 0.5) is 5.82 Å². The number of amides is 2. The van der Waals surface area contributed by atoms with Crippen molar-refractivity contribution in [3.8, 4) is 0 Å². The Morgan fingerprint density at radius 1 is 1.32 bits per heavy atom. The normalized spacial score (nSPS) is 20.7. The van der Waals surface area contributed by atoms with Crippen LogP contribution < -0.4 is 10.6 Å². The number of aromatic nitrogens is 1. The van der Waals surface area contributed by atoms with Crippen LogP contribution in [0.5, 0.6) is 0 Å². The lowest BCUT2D eigenvalue weighted by Crippen LogP contribution is -2.50. The Labute approximate surface area is 146 Å². The fourth-order valence-corrected chi connectivity index (χ4v) is 3.15. The first-order valence-corrected chi connectivity index (χ1v) is 8.62. The first-order chi connectivity index (χ1) is 12.1. The van der Waals surface area contributed by atoms with Crippen LogP contribution in [-0.4, -0.2) is 73.8 Å². The van der Waals surface area contributed by atoms with Gasteiger partial charge in [0.2, 0.25) is 5.91 Å². The van der Waals surface area contributed by atoms with E-state index < -0.39 is 5.91 Å². The summed E-state index contributed by atoms with van der Waals surface area (Å²) < 4.78 is 11.0. The zero-order valence-electron chi connectivity index (χ0n) is 14.2. The average Bonchev–Trinajstić information content (AvgIpc) is 3.15. The van der Waals surface area contributed by atoms with Crippen molar-refractivity contribution in [1.29, 1.82) is 0 Å². The van der Waals surface area contributed by atoms with Gasteiger partial charge in [0.25, 0.3) is 5.91 Å². The number of nitrogens with two attached hydrogens (primary N) is 1. The molecule has 1 unspecified atom stereocenters. The molecule has 0 spiro atoms. The molecule has 0 bridgehead atoms. The van der Waals surface area contributed by atoms with Crippen molar-refractivity contribution in [3.05, 3.63) is 23.9 Å². The highest BCUT2D eigenvalue weighted by Crippen LogP contribution is 2.18. The van der Waals surface area contributed by atoms with Crippen molar-refractivity contribution in [2.75, 3.05) is 50.9 Å². The molecule has 2 amide bonds. The van der Waals surface area contributed by atoms with Crippen molar-refractivity contribution < 1.29 is 19.1 Å². The van der Waals surface area contributed by atoms with E-state index in [4.69, 9.17) is 15.2 Å². The molecule has 8 heteroatoms. The highest BCUT2D eigenvalue weighted by atomic mass is 16.5. The van der Waals surface area contributed by atoms with Crippen molar-refractivity contribution in [2.45, 2.75) is 18.9 Å². The molecule has 0 aliphatic carbocycles. The van der Waals surface area contributed by atoms with Crippen LogP contribution in [0.1, 0.15) is 23.2 Å². The molecule has 2 fully saturated rings. The van der Waals surface area contributed by atoms with E-state index >= 15 is 0 Å². The summed E-state index contributed by atoms with van der Waals surface area (Å²) in [6.45, 7) is 3.68. The van der Waals surface area contributed by atoms with Gasteiger partial charge in [0.05, 0.1) is 18.3 Å². The molecule has 0 saturated carbocycles. The SMILES string of the molecule is NC(=O)c1cccnc1N1CCN(C(=O)COCC2CCCO2)CC1. The Morgan fingerprint density at radius 3 is 2.80 bits per heavy atom. The topological polar surface area (TPSA) is 98.0 Å². The van der Waals surface area contributed by atoms with Gasteiger partial charge in [-0.2, -0.15) is 0 Å². The molecule has 0 aromatic carbocycles. The number of ether oxygens (including phenoxy) is 2. The second-order valence-corrected chi connectivity index (χ2v) is 6.26. The number of carbonyl (C=O) groups excluding carboxylic acids is 2. The number of nitrogens with zero attached hydrogens (tertiary/aromatic N) is 3. The minimum absolute atomic E-state index is 0.0196. The molecule has 3 heterocycles. The summed E-state index contributed by atoms with van der Waals surface area (Å²) in [4.78, 5) is 31.8. The van der Waals surface area contributed by atoms with Crippen LogP contribution in [0, 0.1) is 0 Å². The molecule has 1 aromatic heterocycles. The van der Waals surface area contributed by atoms with Crippen LogP contribution in [0.3, 0.4) is 0 Å². The Hall–Kier alpha value is -2.19. The first kappa shape index (κ1) is 17.6. The summed E-state index contributed by atoms with van der Waals surface area (Å²) in [6, 6.07) is 3.36. The standard InChI is InChI=1S/C17H24N4O4/c18-16(23)14-4-1-5-19-17(14)21-8-6-20(7-9-21)15(22)12-24-11-13-3-2-10-25-13/h1,4-5,13H,2-3,6-12H2,(H2,18,23). The highest BCUT2D eigenvalue weighted by Gasteiger charge is 2.24. The van der Waals surface area contributed by atoms with E-state index in [-0.39, 0.29) is 18.6 Å². The van der Waals surface area contributed by atoms with Gasteiger partial charge in [-0.25, -0.2) is 4.98 Å². The van der Waals surface area contributed by atoms with E-state index in [1.807, 2.05) is 4.90 Å². The number of anilines is 1. The average molecular weight is 348 g/mol. The summed E-state index contributed by atoms with van der Waals surface area (Å²) in [5.74, 6) is 0.0645. The van der Waals surface area contributed by atoms with Crippen molar-refractivity contribution in [1.82, 2.24) is 9.88 Å². The van der Waals surface area contributed by atoms with E-state index in [2.05, 4.69) is 4.98 Å². The zero-order chi connectivity index (χ0) is 17.6. The predicted molar refractivity (Wildman–Crippen MR) is 91.3 cm³/mol. The summed E-state index contributed by atoms with van der Waals surface area (Å²) in [5.41, 5.74) is 5.81. The molecule has 2 aliphatic rings. The van der Waals surface area contributed by atoms with Gasteiger partial charge in [0, 0.05) is 39.0 Å². The largest absolute Gasteiger partial charge is 0.376 e. The second-order valence-electron chi connectivity index (χ2n) is 6.26. The van der Waals surface area contributed by atoms with E-state index in [0.717, 1.165) is 19.4 Å². The number of carbonyl (C=O) groups is 2. The fraction of sp³-hybridized carbons (Fsp3) is 0.588. The van der Waals surface area contributed by atoms with Crippen LogP contribution in [-0.2, 0) is 14.3 Å². The van der Waals surface area contributed by atoms with Gasteiger partial charge < -0.3 is 25.0 Å². The van der Waals surface area contributed by atoms with Gasteiger partial charge >= 0.3 is 0 Å². The number of piperazine rings is 1. The quantitative estimate of drug-likeness (QED) is 0.779. The maximum atomic E-state index is 12.2. The third kappa shape index (κ3) is 4.46. The minimum Gasteiger partial charge on any atom is -0.376 e. The minimum atomic E-state index is -0.496. The van der Waals surface area contributed by atoms with Gasteiger partial charge in [-0.3, -0.25) is 9.59 Å². The molecule has 2 N–H and O–H groups in total. The number of pyridine rings is 1. The van der Waals surface area contributed by atoms with E-state index in [1.165, 1.54) is 0 Å². The fourth-order valence-electron chi connectivity index (χ4n) is 3.15. The van der Waals surface area contributed by atoms with Crippen molar-refractivity contribution in [2.24, 2.45) is 5.73 Å². The summed E-state index contributed by atoms with van der Waals surface area (Å²) in [5, 5.41) is 0. The maximum absolute atomic E-state index is 12.2. The van der Waals surface area contributed by atoms with Gasteiger partial charge in [0.15, 0.2) is 0 Å². The van der Waals surface area contributed by atoms with Gasteiger partial charge in [-0.05, 0) is 25.0 Å². The van der Waals surface area contributed by atoms with E-state index in [9.17, 15) is 9.59 Å². The maximum Gasteiger partial charge on any atom is 0.252 e. The van der Waals surface area contributed by atoms with Crippen molar-refractivity contribution in [3.63, 3.8) is 0 Å². The van der Waals surface area contributed by atoms with Gasteiger partial charge in [0.1, 0.15) is 12.4 Å². The number of hydrogen-bond acceptors (Lipinski definition) is 6. The molecule has 8 nitrogen and oxygen atoms in total. The van der Waals surface area contributed by atoms with Crippen LogP contribution >= 0.6 is 0 Å². The Bertz CT molecular complexity index is 610. The van der Waals surface area contributed by atoms with Crippen LogP contribution in [0.25, 0.3) is 0 Å². The molecule has 2 saturated heterocycles. The lowest BCUT2D eigenvalue weighted by molar-refractivity contribution is -0.137. The van der Waals surface area contributed by atoms with E-state index in [0.29, 0.717) is 44.2 Å². The van der Waals surface area contributed by atoms with Crippen molar-refractivity contribution >= 4 is 17.6 Å². The number of hydrogen-bond donors (Lipinski definition) is 1. The smallest absolute Gasteiger partial charge is 0.252 e. The zero-order valence-corrected chi connectivity index (χ0v) is 14.2. The molecular weight excluding hydrogens is 324 g/mol. The lowest BCUT2D eigenvalue weighted by atomic mass is 10.2. The second kappa shape index (κ2) is 8.26. The Balaban J connectivity index is 1.46. The molecule has 136 valence electrons. The Kier molecular flexibility index (Phi) is 5.83. The van der Waals surface area contributed by atoms with Gasteiger partial charge in [-0.15, -0.1) is 0 Å². The number of primary amides is 1. The van der Waals surface area contributed by atoms with Gasteiger partial charge in [-0.1, -0.05) is 0 Å². The van der Waals surface area contributed by atoms with Crippen LogP contribution in [0.15, 0.2) is 18.3 Å². The monoisotopic (exact) mass is 348 g/mol. The summed E-state index contributed by atoms with van der Waals surface area (Å²) in [6.07, 6.45) is 3.82.